The summed E-state index contributed by atoms with van der Waals surface area (Å²) >= 11 is -0.762. The minimum Gasteiger partial charge on any atom is -0.302 e. The Kier molecular flexibility index (Phi) is 7.47. The molecule has 0 spiro atoms. The van der Waals surface area contributed by atoms with Crippen LogP contribution < -0.4 is 4.40 Å². The fourth-order valence-corrected chi connectivity index (χ4v) is 9.05. The Morgan fingerprint density at radius 1 is 0.929 bits per heavy atom. The molecule has 0 fully saturated rings. The molecular weight excluding hydrogens is 778 g/mol. The standard InChI is InChI=1S/C18H12FN2S.C17H22GeN.Ir/c1-10-8-16(20-9-15(10)19)14-5-3-4-12-13-7-6-11(2)21-18(13)22-17(12)14;1-13(2)15-11-17(14-9-7-6-8-10-14)19-12-16(15)18(3,4)5;/h3-4,6-9H,1-2H3;6-9,11-13H,1-5H3;/q2*-1;/i1D3,2D3;13D;. The van der Waals surface area contributed by atoms with Gasteiger partial charge in [0, 0.05) is 34.0 Å². The molecule has 0 bridgehead atoms. The fourth-order valence-electron chi connectivity index (χ4n) is 4.55. The Hall–Kier alpha value is -2.77. The number of halogens is 1. The quantitative estimate of drug-likeness (QED) is 0.132. The molecule has 0 aliphatic rings. The van der Waals surface area contributed by atoms with Crippen molar-refractivity contribution in [3.05, 3.63) is 108 Å². The Balaban J connectivity index is 0.000000229. The molecule has 3 nitrogen and oxygen atoms in total. The van der Waals surface area contributed by atoms with Gasteiger partial charge in [-0.1, -0.05) is 17.5 Å². The van der Waals surface area contributed by atoms with Gasteiger partial charge in [-0.05, 0) is 41.1 Å². The summed E-state index contributed by atoms with van der Waals surface area (Å²) in [6.07, 6.45) is 2.89. The van der Waals surface area contributed by atoms with Gasteiger partial charge in [-0.25, -0.2) is 9.37 Å². The number of aryl methyl sites for hydroxylation is 2. The number of pyridine rings is 3. The van der Waals surface area contributed by atoms with E-state index in [0.717, 1.165) is 38.5 Å². The molecule has 0 aliphatic heterocycles. The van der Waals surface area contributed by atoms with Crippen LogP contribution in [0.15, 0.2) is 73.1 Å². The Morgan fingerprint density at radius 2 is 1.74 bits per heavy atom. The topological polar surface area (TPSA) is 38.7 Å². The van der Waals surface area contributed by atoms with Crippen LogP contribution in [0, 0.1) is 31.7 Å². The molecule has 0 unspecified atom stereocenters. The Bertz CT molecular complexity index is 2110. The van der Waals surface area contributed by atoms with E-state index in [1.165, 1.54) is 27.9 Å². The molecule has 6 aromatic rings. The van der Waals surface area contributed by atoms with E-state index in [0.29, 0.717) is 10.4 Å². The van der Waals surface area contributed by atoms with Crippen LogP contribution in [-0.2, 0) is 20.1 Å². The number of benzene rings is 2. The number of fused-ring (bicyclic) bond motifs is 3. The van der Waals surface area contributed by atoms with Crippen molar-refractivity contribution < 1.29 is 34.1 Å². The first-order chi connectivity index (χ1) is 22.2. The van der Waals surface area contributed by atoms with Crippen molar-refractivity contribution in [1.29, 1.82) is 0 Å². The van der Waals surface area contributed by atoms with Crippen molar-refractivity contribution in [3.63, 3.8) is 0 Å². The number of aromatic nitrogens is 3. The molecule has 7 heteroatoms. The Morgan fingerprint density at radius 3 is 2.43 bits per heavy atom. The monoisotopic (exact) mass is 821 g/mol. The van der Waals surface area contributed by atoms with Gasteiger partial charge in [0.2, 0.25) is 0 Å². The van der Waals surface area contributed by atoms with Crippen molar-refractivity contribution in [1.82, 2.24) is 15.0 Å². The van der Waals surface area contributed by atoms with E-state index in [1.54, 1.807) is 12.1 Å². The van der Waals surface area contributed by atoms with Crippen molar-refractivity contribution in [2.24, 2.45) is 0 Å². The summed E-state index contributed by atoms with van der Waals surface area (Å²) in [5.41, 5.74) is 3.41. The second-order valence-electron chi connectivity index (χ2n) is 10.9. The molecule has 0 saturated heterocycles. The van der Waals surface area contributed by atoms with Crippen molar-refractivity contribution in [2.75, 3.05) is 0 Å². The van der Waals surface area contributed by atoms with Gasteiger partial charge in [-0.3, -0.25) is 0 Å². The van der Waals surface area contributed by atoms with Crippen LogP contribution >= 0.6 is 11.3 Å². The number of nitrogens with zero attached hydrogens (tertiary/aromatic N) is 3. The van der Waals surface area contributed by atoms with Crippen molar-refractivity contribution >= 4 is 49.3 Å². The molecule has 0 atom stereocenters. The molecule has 2 aromatic carbocycles. The zero-order valence-corrected chi connectivity index (χ0v) is 29.2. The minimum atomic E-state index is -2.61. The predicted octanol–water partition coefficient (Wildman–Crippen LogP) is 9.28. The van der Waals surface area contributed by atoms with E-state index in [2.05, 4.69) is 50.4 Å². The van der Waals surface area contributed by atoms with Gasteiger partial charge < -0.3 is 4.98 Å². The maximum atomic E-state index is 13.9. The van der Waals surface area contributed by atoms with E-state index < -0.39 is 44.2 Å². The second kappa shape index (κ2) is 13.3. The van der Waals surface area contributed by atoms with Gasteiger partial charge in [-0.15, -0.1) is 23.8 Å². The third kappa shape index (κ3) is 6.89. The first-order valence-corrected chi connectivity index (χ1v) is 21.3. The first-order valence-electron chi connectivity index (χ1n) is 16.6. The SMILES string of the molecule is [2H]C(C)(C)c1cc(-c2[c-]cccc2)nc[c]1[Ge]([CH3])([CH3])[CH3].[2H]C([2H])([2H])c1ccc2c(n1)sc1c(-c3cc(C([2H])([2H])[2H])c(F)cn3)[c-]ccc12.[Ir]. The second-order valence-corrected chi connectivity index (χ2v) is 22.5. The smallest absolute Gasteiger partial charge is 0.142 e. The van der Waals surface area contributed by atoms with Gasteiger partial charge in [0.05, 0.1) is 6.20 Å². The number of thiophene rings is 1. The molecular formula is C35H34FGeIrN3S-2. The third-order valence-electron chi connectivity index (χ3n) is 6.65. The van der Waals surface area contributed by atoms with E-state index >= 15 is 0 Å². The Labute approximate surface area is 278 Å². The summed E-state index contributed by atoms with van der Waals surface area (Å²) in [5.74, 6) is 5.55. The minimum absolute atomic E-state index is 0. The molecule has 0 N–H and O–H groups in total. The zero-order chi connectivity index (χ0) is 35.2. The van der Waals surface area contributed by atoms with Crippen molar-refractivity contribution in [2.45, 2.75) is 50.7 Å². The average Bonchev–Trinajstić information content (AvgIpc) is 3.38. The van der Waals surface area contributed by atoms with Crippen LogP contribution in [0.3, 0.4) is 0 Å². The van der Waals surface area contributed by atoms with Gasteiger partial charge in [0.1, 0.15) is 10.6 Å². The summed E-state index contributed by atoms with van der Waals surface area (Å²) in [7, 11) is 0. The fraction of sp³-hybridized carbons (Fsp3) is 0.229. The van der Waals surface area contributed by atoms with E-state index in [-0.39, 0.29) is 31.5 Å². The van der Waals surface area contributed by atoms with Crippen LogP contribution in [0.5, 0.6) is 0 Å². The summed E-state index contributed by atoms with van der Waals surface area (Å²) in [6.45, 7) is -1.00. The molecule has 42 heavy (non-hydrogen) atoms. The first kappa shape index (κ1) is 23.7. The van der Waals surface area contributed by atoms with Crippen LogP contribution in [0.2, 0.25) is 17.3 Å². The van der Waals surface area contributed by atoms with Gasteiger partial charge in [0.15, 0.2) is 0 Å². The maximum Gasteiger partial charge on any atom is 0.142 e. The largest absolute Gasteiger partial charge is 0.302 e. The van der Waals surface area contributed by atoms with Gasteiger partial charge >= 0.3 is 120 Å². The number of hydrogen-bond donors (Lipinski definition) is 0. The molecule has 217 valence electrons. The molecule has 4 heterocycles. The van der Waals surface area contributed by atoms with Crippen molar-refractivity contribution in [3.8, 4) is 22.5 Å². The van der Waals surface area contributed by atoms with Crippen LogP contribution in [0.1, 0.15) is 46.2 Å². The molecule has 0 saturated carbocycles. The third-order valence-corrected chi connectivity index (χ3v) is 12.0. The summed E-state index contributed by atoms with van der Waals surface area (Å²) < 4.78 is 69.5. The van der Waals surface area contributed by atoms with Gasteiger partial charge in [0.25, 0.3) is 0 Å². The van der Waals surface area contributed by atoms with Gasteiger partial charge in [-0.2, -0.15) is 11.3 Å². The predicted molar refractivity (Wildman–Crippen MR) is 174 cm³/mol. The average molecular weight is 820 g/mol. The van der Waals surface area contributed by atoms with E-state index in [1.807, 2.05) is 50.4 Å². The molecule has 4 aromatic heterocycles. The molecule has 1 radical (unpaired) electrons. The van der Waals surface area contributed by atoms with Crippen LogP contribution in [-0.4, -0.2) is 28.2 Å². The van der Waals surface area contributed by atoms with Crippen LogP contribution in [0.4, 0.5) is 4.39 Å². The summed E-state index contributed by atoms with van der Waals surface area (Å²) in [4.78, 5) is 13.5. The molecule has 6 rings (SSSR count). The summed E-state index contributed by atoms with van der Waals surface area (Å²) in [6, 6.07) is 24.1. The zero-order valence-electron chi connectivity index (χ0n) is 30.9. The van der Waals surface area contributed by atoms with E-state index in [4.69, 9.17) is 9.60 Å². The van der Waals surface area contributed by atoms with E-state index in [9.17, 15) is 4.39 Å². The maximum absolute atomic E-state index is 13.9. The number of hydrogen-bond acceptors (Lipinski definition) is 4. The molecule has 0 aliphatic carbocycles. The number of rotatable bonds is 4. The van der Waals surface area contributed by atoms with Crippen LogP contribution in [0.25, 0.3) is 42.8 Å². The molecule has 0 amide bonds. The normalized spacial score (nSPS) is 14.7. The summed E-state index contributed by atoms with van der Waals surface area (Å²) in [5, 5.41) is 1.60.